The highest BCUT2D eigenvalue weighted by molar-refractivity contribution is 6.18. The fourth-order valence-corrected chi connectivity index (χ4v) is 5.31. The number of carbonyl (C=O) groups excluding carboxylic acids is 3. The zero-order valence-electron chi connectivity index (χ0n) is 25.8. The van der Waals surface area contributed by atoms with E-state index in [2.05, 4.69) is 33.9 Å². The number of ketones is 1. The molecule has 0 atom stereocenters. The summed E-state index contributed by atoms with van der Waals surface area (Å²) in [4.78, 5) is 39.0. The Bertz CT molecular complexity index is 810. The van der Waals surface area contributed by atoms with Crippen LogP contribution in [0.2, 0.25) is 0 Å². The number of allylic oxidation sites excluding steroid dienone is 6. The number of esters is 2. The van der Waals surface area contributed by atoms with Crippen LogP contribution in [0, 0.1) is 11.3 Å². The van der Waals surface area contributed by atoms with Crippen molar-refractivity contribution in [1.29, 1.82) is 0 Å². The Kier molecular flexibility index (Phi) is 19.0. The van der Waals surface area contributed by atoms with Gasteiger partial charge in [0.15, 0.2) is 5.78 Å². The quantitative estimate of drug-likeness (QED) is 0.0412. The van der Waals surface area contributed by atoms with E-state index in [9.17, 15) is 14.4 Å². The van der Waals surface area contributed by atoms with E-state index in [0.29, 0.717) is 12.8 Å². The van der Waals surface area contributed by atoms with Crippen LogP contribution in [0.5, 0.6) is 0 Å². The van der Waals surface area contributed by atoms with Gasteiger partial charge in [-0.1, -0.05) is 89.0 Å². The fourth-order valence-electron chi connectivity index (χ4n) is 5.31. The number of hydrogen-bond acceptors (Lipinski definition) is 5. The van der Waals surface area contributed by atoms with Crippen LogP contribution in [-0.2, 0) is 23.9 Å². The number of carbonyl (C=O) groups is 3. The van der Waals surface area contributed by atoms with Crippen LogP contribution in [0.3, 0.4) is 0 Å². The van der Waals surface area contributed by atoms with Gasteiger partial charge in [-0.3, -0.25) is 14.4 Å². The van der Waals surface area contributed by atoms with Crippen LogP contribution < -0.4 is 0 Å². The summed E-state index contributed by atoms with van der Waals surface area (Å²) < 4.78 is 10.8. The van der Waals surface area contributed by atoms with Crippen molar-refractivity contribution < 1.29 is 23.9 Å². The van der Waals surface area contributed by atoms with Gasteiger partial charge in [0.1, 0.15) is 0 Å². The molecule has 0 amide bonds. The normalized spacial score (nSPS) is 14.9. The second kappa shape index (κ2) is 21.3. The molecule has 0 spiro atoms. The maximum atomic E-state index is 13.2. The number of rotatable bonds is 23. The topological polar surface area (TPSA) is 69.7 Å². The van der Waals surface area contributed by atoms with E-state index < -0.39 is 23.6 Å². The van der Waals surface area contributed by atoms with Gasteiger partial charge in [-0.05, 0) is 81.8 Å². The highest BCUT2D eigenvalue weighted by Gasteiger charge is 2.36. The lowest BCUT2D eigenvalue weighted by Crippen LogP contribution is -2.34. The summed E-state index contributed by atoms with van der Waals surface area (Å²) >= 11 is 0. The van der Waals surface area contributed by atoms with Gasteiger partial charge in [-0.2, -0.15) is 0 Å². The molecule has 1 aliphatic carbocycles. The standard InChI is InChI=1S/C35H56O5/c1-6-8-10-12-14-16-18-20-27-39-33(37)32(34(38)40-28-21-19-17-15-13-11-9-7-2)31(36)25-24-30-29(3)23-22-26-35(30,4)5/h6-7,24-25,32H,1-2,8-23,26-28H2,3-5H3/b25-24+. The van der Waals surface area contributed by atoms with Gasteiger partial charge < -0.3 is 9.47 Å². The van der Waals surface area contributed by atoms with E-state index in [1.807, 2.05) is 12.2 Å². The van der Waals surface area contributed by atoms with Crippen molar-refractivity contribution in [3.63, 3.8) is 0 Å². The van der Waals surface area contributed by atoms with Gasteiger partial charge in [0.2, 0.25) is 5.92 Å². The van der Waals surface area contributed by atoms with Gasteiger partial charge in [0, 0.05) is 0 Å². The van der Waals surface area contributed by atoms with E-state index in [1.54, 1.807) is 6.08 Å². The molecule has 226 valence electrons. The zero-order chi connectivity index (χ0) is 29.6. The van der Waals surface area contributed by atoms with Crippen molar-refractivity contribution in [3.05, 3.63) is 48.6 Å². The minimum atomic E-state index is -1.57. The van der Waals surface area contributed by atoms with Crippen molar-refractivity contribution in [3.8, 4) is 0 Å². The Morgan fingerprint density at radius 2 is 1.23 bits per heavy atom. The van der Waals surface area contributed by atoms with Crippen molar-refractivity contribution in [2.24, 2.45) is 11.3 Å². The third kappa shape index (κ3) is 14.8. The highest BCUT2D eigenvalue weighted by atomic mass is 16.6. The third-order valence-electron chi connectivity index (χ3n) is 7.81. The van der Waals surface area contributed by atoms with E-state index in [-0.39, 0.29) is 18.6 Å². The summed E-state index contributed by atoms with van der Waals surface area (Å²) in [5.74, 6) is -3.74. The Morgan fingerprint density at radius 1 is 0.775 bits per heavy atom. The number of hydrogen-bond donors (Lipinski definition) is 0. The summed E-state index contributed by atoms with van der Waals surface area (Å²) in [7, 11) is 0. The molecular weight excluding hydrogens is 500 g/mol. The summed E-state index contributed by atoms with van der Waals surface area (Å²) in [6, 6.07) is 0. The fraction of sp³-hybridized carbons (Fsp3) is 0.686. The lowest BCUT2D eigenvalue weighted by Gasteiger charge is -2.32. The van der Waals surface area contributed by atoms with Gasteiger partial charge in [0.25, 0.3) is 0 Å². The largest absolute Gasteiger partial charge is 0.465 e. The maximum Gasteiger partial charge on any atom is 0.328 e. The maximum absolute atomic E-state index is 13.2. The molecule has 5 heteroatoms. The van der Waals surface area contributed by atoms with Crippen LogP contribution in [0.4, 0.5) is 0 Å². The van der Waals surface area contributed by atoms with E-state index in [4.69, 9.17) is 9.47 Å². The van der Waals surface area contributed by atoms with Gasteiger partial charge in [0.05, 0.1) is 13.2 Å². The summed E-state index contributed by atoms with van der Waals surface area (Å²) in [6.07, 6.45) is 24.7. The molecule has 40 heavy (non-hydrogen) atoms. The van der Waals surface area contributed by atoms with Crippen molar-refractivity contribution in [2.45, 2.75) is 130 Å². The first-order valence-corrected chi connectivity index (χ1v) is 15.7. The first-order chi connectivity index (χ1) is 19.2. The Balaban J connectivity index is 2.67. The van der Waals surface area contributed by atoms with Gasteiger partial charge in [-0.25, -0.2) is 0 Å². The predicted molar refractivity (Wildman–Crippen MR) is 165 cm³/mol. The second-order valence-electron chi connectivity index (χ2n) is 11.8. The molecule has 0 radical (unpaired) electrons. The second-order valence-corrected chi connectivity index (χ2v) is 11.8. The Labute approximate surface area is 244 Å². The molecule has 0 saturated heterocycles. The molecule has 0 aliphatic heterocycles. The van der Waals surface area contributed by atoms with Crippen molar-refractivity contribution in [2.75, 3.05) is 13.2 Å². The molecule has 0 fully saturated rings. The molecule has 1 rings (SSSR count). The van der Waals surface area contributed by atoms with E-state index >= 15 is 0 Å². The zero-order valence-corrected chi connectivity index (χ0v) is 25.8. The predicted octanol–water partition coefficient (Wildman–Crippen LogP) is 9.17. The van der Waals surface area contributed by atoms with Crippen LogP contribution in [-0.4, -0.2) is 30.9 Å². The first kappa shape index (κ1) is 35.6. The minimum absolute atomic E-state index is 0.0486. The van der Waals surface area contributed by atoms with Gasteiger partial charge >= 0.3 is 11.9 Å². The highest BCUT2D eigenvalue weighted by Crippen LogP contribution is 2.40. The SMILES string of the molecule is C=CCCCCCCCCOC(=O)C(C(=O)/C=C/C1=C(C)CCCC1(C)C)C(=O)OCCCCCCCCC=C. The van der Waals surface area contributed by atoms with Crippen molar-refractivity contribution in [1.82, 2.24) is 0 Å². The molecule has 0 aromatic rings. The lowest BCUT2D eigenvalue weighted by atomic mass is 9.72. The number of unbranched alkanes of at least 4 members (excludes halogenated alkanes) is 12. The molecule has 5 nitrogen and oxygen atoms in total. The molecule has 1 aliphatic rings. The van der Waals surface area contributed by atoms with Crippen molar-refractivity contribution >= 4 is 17.7 Å². The average molecular weight is 557 g/mol. The summed E-state index contributed by atoms with van der Waals surface area (Å²) in [6.45, 7) is 14.3. The lowest BCUT2D eigenvalue weighted by molar-refractivity contribution is -0.163. The van der Waals surface area contributed by atoms with E-state index in [1.165, 1.54) is 24.5 Å². The molecule has 0 N–H and O–H groups in total. The van der Waals surface area contributed by atoms with Crippen LogP contribution in [0.25, 0.3) is 0 Å². The summed E-state index contributed by atoms with van der Waals surface area (Å²) in [5, 5.41) is 0. The Hall–Kier alpha value is -2.43. The molecular formula is C35H56O5. The smallest absolute Gasteiger partial charge is 0.328 e. The molecule has 0 bridgehead atoms. The minimum Gasteiger partial charge on any atom is -0.465 e. The van der Waals surface area contributed by atoms with Crippen LogP contribution in [0.1, 0.15) is 130 Å². The van der Waals surface area contributed by atoms with E-state index in [0.717, 1.165) is 89.0 Å². The van der Waals surface area contributed by atoms with Crippen LogP contribution >= 0.6 is 0 Å². The molecule has 0 aromatic carbocycles. The first-order valence-electron chi connectivity index (χ1n) is 15.7. The molecule has 0 aromatic heterocycles. The van der Waals surface area contributed by atoms with Gasteiger partial charge in [-0.15, -0.1) is 13.2 Å². The monoisotopic (exact) mass is 556 g/mol. The average Bonchev–Trinajstić information content (AvgIpc) is 2.90. The summed E-state index contributed by atoms with van der Waals surface area (Å²) in [5.41, 5.74) is 2.30. The third-order valence-corrected chi connectivity index (χ3v) is 7.81. The molecule has 0 saturated carbocycles. The molecule has 0 unspecified atom stereocenters. The number of ether oxygens (including phenoxy) is 2. The van der Waals surface area contributed by atoms with Crippen LogP contribution in [0.15, 0.2) is 48.6 Å². The Morgan fingerprint density at radius 3 is 1.68 bits per heavy atom. The molecule has 0 heterocycles.